The first-order valence-corrected chi connectivity index (χ1v) is 8.36. The Morgan fingerprint density at radius 1 is 1.00 bits per heavy atom. The van der Waals surface area contributed by atoms with Crippen molar-refractivity contribution in [1.82, 2.24) is 0 Å². The van der Waals surface area contributed by atoms with E-state index in [4.69, 9.17) is 9.47 Å². The molecule has 1 aliphatic heterocycles. The van der Waals surface area contributed by atoms with Crippen molar-refractivity contribution >= 4 is 18.5 Å². The standard InChI is InChI=1S/C20H15F3O6/c1-27-18(26)19(20(21,22)23)16(14-8-4-2-6-12(14)10-24)28-17(29-19)15-9-5-3-7-13(15)11-25/h2-11,16-17H,1H3/t16-,17-,19+/m1/s1. The molecule has 0 saturated carbocycles. The van der Waals surface area contributed by atoms with Crippen molar-refractivity contribution in [1.29, 1.82) is 0 Å². The fourth-order valence-corrected chi connectivity index (χ4v) is 3.23. The highest BCUT2D eigenvalue weighted by Crippen LogP contribution is 2.55. The number of carbonyl (C=O) groups is 3. The second-order valence-corrected chi connectivity index (χ2v) is 6.18. The molecule has 6 nitrogen and oxygen atoms in total. The maximum atomic E-state index is 14.2. The number of rotatable bonds is 5. The molecular weight excluding hydrogens is 393 g/mol. The van der Waals surface area contributed by atoms with Gasteiger partial charge < -0.3 is 14.2 Å². The topological polar surface area (TPSA) is 78.9 Å². The first kappa shape index (κ1) is 20.7. The quantitative estimate of drug-likeness (QED) is 0.556. The van der Waals surface area contributed by atoms with Gasteiger partial charge in [0.05, 0.1) is 7.11 Å². The molecule has 0 amide bonds. The first-order valence-electron chi connectivity index (χ1n) is 8.36. The van der Waals surface area contributed by atoms with Crippen LogP contribution in [0.5, 0.6) is 0 Å². The molecule has 1 aliphatic rings. The smallest absolute Gasteiger partial charge is 0.431 e. The molecule has 0 unspecified atom stereocenters. The Kier molecular flexibility index (Phi) is 5.54. The third kappa shape index (κ3) is 3.32. The summed E-state index contributed by atoms with van der Waals surface area (Å²) >= 11 is 0. The Bertz CT molecular complexity index is 942. The molecule has 2 aromatic rings. The zero-order valence-corrected chi connectivity index (χ0v) is 15.0. The Morgan fingerprint density at radius 2 is 1.52 bits per heavy atom. The predicted molar refractivity (Wildman–Crippen MR) is 92.1 cm³/mol. The van der Waals surface area contributed by atoms with Crippen molar-refractivity contribution in [2.24, 2.45) is 0 Å². The molecule has 152 valence electrons. The molecule has 9 heteroatoms. The molecule has 0 aliphatic carbocycles. The van der Waals surface area contributed by atoms with Crippen LogP contribution in [0.3, 0.4) is 0 Å². The van der Waals surface area contributed by atoms with Crippen LogP contribution in [-0.4, -0.2) is 37.4 Å². The van der Waals surface area contributed by atoms with Crippen molar-refractivity contribution in [3.63, 3.8) is 0 Å². The van der Waals surface area contributed by atoms with Crippen molar-refractivity contribution in [3.05, 3.63) is 70.8 Å². The molecule has 3 atom stereocenters. The summed E-state index contributed by atoms with van der Waals surface area (Å²) in [6, 6.07) is 11.1. The number of halogens is 3. The van der Waals surface area contributed by atoms with Crippen molar-refractivity contribution in [2.45, 2.75) is 24.2 Å². The van der Waals surface area contributed by atoms with Crippen molar-refractivity contribution in [2.75, 3.05) is 7.11 Å². The van der Waals surface area contributed by atoms with Gasteiger partial charge in [-0.2, -0.15) is 13.2 Å². The van der Waals surface area contributed by atoms with Crippen LogP contribution in [0.15, 0.2) is 48.5 Å². The molecule has 1 heterocycles. The highest BCUT2D eigenvalue weighted by Gasteiger charge is 2.73. The van der Waals surface area contributed by atoms with E-state index in [9.17, 15) is 27.6 Å². The van der Waals surface area contributed by atoms with Gasteiger partial charge in [-0.15, -0.1) is 0 Å². The number of esters is 1. The Hall–Kier alpha value is -3.04. The number of ether oxygens (including phenoxy) is 3. The van der Waals surface area contributed by atoms with E-state index in [1.165, 1.54) is 48.5 Å². The van der Waals surface area contributed by atoms with Crippen LogP contribution < -0.4 is 0 Å². The number of benzene rings is 2. The van der Waals surface area contributed by atoms with E-state index in [0.29, 0.717) is 12.6 Å². The van der Waals surface area contributed by atoms with Crippen LogP contribution >= 0.6 is 0 Å². The van der Waals surface area contributed by atoms with Crippen LogP contribution in [0.1, 0.15) is 44.2 Å². The molecule has 0 aromatic heterocycles. The number of hydrogen-bond donors (Lipinski definition) is 0. The number of aldehydes is 2. The van der Waals surface area contributed by atoms with Crippen molar-refractivity contribution in [3.8, 4) is 0 Å². The van der Waals surface area contributed by atoms with E-state index in [1.54, 1.807) is 0 Å². The normalized spacial score (nSPS) is 24.1. The summed E-state index contributed by atoms with van der Waals surface area (Å²) in [6.45, 7) is 0. The zero-order valence-electron chi connectivity index (χ0n) is 15.0. The van der Waals surface area contributed by atoms with Gasteiger partial charge in [0.25, 0.3) is 5.60 Å². The molecule has 0 N–H and O–H groups in total. The van der Waals surface area contributed by atoms with Gasteiger partial charge in [-0.3, -0.25) is 9.59 Å². The van der Waals surface area contributed by atoms with Crippen LogP contribution in [0.25, 0.3) is 0 Å². The van der Waals surface area contributed by atoms with E-state index < -0.39 is 30.1 Å². The molecule has 2 aromatic carbocycles. The first-order chi connectivity index (χ1) is 13.8. The summed E-state index contributed by atoms with van der Waals surface area (Å²) in [7, 11) is 0.786. The average Bonchev–Trinajstić information content (AvgIpc) is 3.14. The second-order valence-electron chi connectivity index (χ2n) is 6.18. The third-order valence-corrected chi connectivity index (χ3v) is 4.61. The SMILES string of the molecule is COC(=O)[C@@]1(C(F)(F)F)O[C@H](c2ccccc2C=O)O[C@@H]1c1ccccc1C=O. The van der Waals surface area contributed by atoms with E-state index in [1.807, 2.05) is 0 Å². The number of alkyl halides is 3. The van der Waals surface area contributed by atoms with Gasteiger partial charge in [-0.1, -0.05) is 48.5 Å². The molecule has 1 saturated heterocycles. The maximum absolute atomic E-state index is 14.2. The third-order valence-electron chi connectivity index (χ3n) is 4.61. The van der Waals surface area contributed by atoms with Gasteiger partial charge in [0.15, 0.2) is 12.6 Å². The number of methoxy groups -OCH3 is 1. The van der Waals surface area contributed by atoms with E-state index in [-0.39, 0.29) is 22.3 Å². The summed E-state index contributed by atoms with van der Waals surface area (Å²) in [5.74, 6) is -1.73. The molecule has 29 heavy (non-hydrogen) atoms. The summed E-state index contributed by atoms with van der Waals surface area (Å²) in [5.41, 5.74) is -3.81. The average molecular weight is 408 g/mol. The molecule has 1 fully saturated rings. The van der Waals surface area contributed by atoms with Gasteiger partial charge in [-0.05, 0) is 5.56 Å². The van der Waals surface area contributed by atoms with E-state index in [2.05, 4.69) is 4.74 Å². The maximum Gasteiger partial charge on any atom is 0.431 e. The summed E-state index contributed by atoms with van der Waals surface area (Å²) < 4.78 is 57.8. The summed E-state index contributed by atoms with van der Waals surface area (Å²) in [4.78, 5) is 35.1. The Labute approximate surface area is 163 Å². The van der Waals surface area contributed by atoms with Gasteiger partial charge in [0, 0.05) is 16.7 Å². The largest absolute Gasteiger partial charge is 0.467 e. The number of hydrogen-bond acceptors (Lipinski definition) is 6. The lowest BCUT2D eigenvalue weighted by atomic mass is 9.88. The minimum Gasteiger partial charge on any atom is -0.467 e. The monoisotopic (exact) mass is 408 g/mol. The van der Waals surface area contributed by atoms with Gasteiger partial charge in [0.2, 0.25) is 0 Å². The van der Waals surface area contributed by atoms with Crippen LogP contribution in [0.4, 0.5) is 13.2 Å². The Balaban J connectivity index is 2.23. The Morgan fingerprint density at radius 3 is 2.03 bits per heavy atom. The minimum absolute atomic E-state index is 0.00566. The van der Waals surface area contributed by atoms with Crippen molar-refractivity contribution < 1.29 is 41.8 Å². The highest BCUT2D eigenvalue weighted by atomic mass is 19.4. The highest BCUT2D eigenvalue weighted by molar-refractivity contribution is 5.84. The number of carbonyl (C=O) groups excluding carboxylic acids is 3. The molecule has 3 rings (SSSR count). The van der Waals surface area contributed by atoms with Gasteiger partial charge in [0.1, 0.15) is 12.4 Å². The van der Waals surface area contributed by atoms with Gasteiger partial charge >= 0.3 is 12.1 Å². The van der Waals surface area contributed by atoms with E-state index >= 15 is 0 Å². The fraction of sp³-hybridized carbons (Fsp3) is 0.250. The lowest BCUT2D eigenvalue weighted by Crippen LogP contribution is -2.56. The fourth-order valence-electron chi connectivity index (χ4n) is 3.23. The molecule has 0 bridgehead atoms. The lowest BCUT2D eigenvalue weighted by Gasteiger charge is -2.32. The second kappa shape index (κ2) is 7.76. The van der Waals surface area contributed by atoms with Crippen LogP contribution in [0, 0.1) is 0 Å². The van der Waals surface area contributed by atoms with E-state index in [0.717, 1.165) is 7.11 Å². The molecule has 0 radical (unpaired) electrons. The minimum atomic E-state index is -5.26. The molecular formula is C20H15F3O6. The lowest BCUT2D eigenvalue weighted by molar-refractivity contribution is -0.275. The van der Waals surface area contributed by atoms with Crippen LogP contribution in [-0.2, 0) is 19.0 Å². The van der Waals surface area contributed by atoms with Crippen LogP contribution in [0.2, 0.25) is 0 Å². The summed E-state index contributed by atoms with van der Waals surface area (Å²) in [6.07, 6.45) is -8.22. The molecule has 0 spiro atoms. The predicted octanol–water partition coefficient (Wildman–Crippen LogP) is 3.57. The summed E-state index contributed by atoms with van der Waals surface area (Å²) in [5, 5.41) is 0. The zero-order chi connectivity index (χ0) is 21.2. The van der Waals surface area contributed by atoms with Gasteiger partial charge in [-0.25, -0.2) is 4.79 Å².